The van der Waals surface area contributed by atoms with Gasteiger partial charge in [0.25, 0.3) is 5.56 Å². The number of nitrogens with one attached hydrogen (secondary N) is 1. The number of aromatic amines is 1. The summed E-state index contributed by atoms with van der Waals surface area (Å²) in [5.41, 5.74) is 0.748. The van der Waals surface area contributed by atoms with E-state index in [0.29, 0.717) is 33.0 Å². The molecule has 0 bridgehead atoms. The minimum Gasteiger partial charge on any atom is -0.295 e. The third-order valence-corrected chi connectivity index (χ3v) is 6.60. The molecular weight excluding hydrogens is 440 g/mol. The lowest BCUT2D eigenvalue weighted by molar-refractivity contribution is 0.101. The van der Waals surface area contributed by atoms with E-state index in [1.807, 2.05) is 74.5 Å². The Morgan fingerprint density at radius 1 is 0.800 bits per heavy atom. The van der Waals surface area contributed by atoms with Gasteiger partial charge in [0.15, 0.2) is 11.5 Å². The molecule has 1 N–H and O–H groups in total. The summed E-state index contributed by atoms with van der Waals surface area (Å²) in [5, 5.41) is 14.7. The number of aromatic nitrogens is 2. The van der Waals surface area contributed by atoms with Gasteiger partial charge >= 0.3 is 5.69 Å². The number of hydrogen-bond acceptors (Lipinski definition) is 3. The van der Waals surface area contributed by atoms with Gasteiger partial charge in [-0.25, -0.2) is 4.79 Å². The van der Waals surface area contributed by atoms with Crippen molar-refractivity contribution in [3.8, 4) is 16.9 Å². The van der Waals surface area contributed by atoms with Crippen molar-refractivity contribution in [2.45, 2.75) is 73.3 Å². The Kier molecular flexibility index (Phi) is 5.32. The topological polar surface area (TPSA) is 91.8 Å². The van der Waals surface area contributed by atoms with E-state index in [9.17, 15) is 19.5 Å². The number of allylic oxidation sites excluding steroid dienone is 1. The maximum Gasteiger partial charge on any atom is 0.328 e. The largest absolute Gasteiger partial charge is 0.328 e. The summed E-state index contributed by atoms with van der Waals surface area (Å²) in [4.78, 5) is 41.5. The van der Waals surface area contributed by atoms with Gasteiger partial charge in [0.2, 0.25) is 0 Å². The highest BCUT2D eigenvalue weighted by Crippen LogP contribution is 2.46. The molecule has 2 aromatic carbocycles. The molecule has 35 heavy (non-hydrogen) atoms. The Hall–Kier alpha value is -3.41. The minimum atomic E-state index is -0.574. The summed E-state index contributed by atoms with van der Waals surface area (Å²) < 4.78 is 1.46. The molecule has 4 rings (SSSR count). The van der Waals surface area contributed by atoms with Crippen LogP contribution >= 0.6 is 0 Å². The highest BCUT2D eigenvalue weighted by molar-refractivity contribution is 6.24. The number of H-pyrrole nitrogens is 1. The van der Waals surface area contributed by atoms with E-state index in [0.717, 1.165) is 5.56 Å². The molecule has 6 heteroatoms. The minimum absolute atomic E-state index is 0.152. The fourth-order valence-corrected chi connectivity index (χ4v) is 4.67. The molecule has 0 spiro atoms. The van der Waals surface area contributed by atoms with Gasteiger partial charge in [0.05, 0.1) is 5.56 Å². The van der Waals surface area contributed by atoms with E-state index in [1.54, 1.807) is 12.1 Å². The maximum atomic E-state index is 13.7. The zero-order valence-electron chi connectivity index (χ0n) is 22.0. The van der Waals surface area contributed by atoms with Gasteiger partial charge in [0, 0.05) is 39.2 Å². The van der Waals surface area contributed by atoms with E-state index in [-0.39, 0.29) is 17.1 Å². The molecule has 0 fully saturated rings. The molecule has 1 aromatic heterocycles. The first-order valence-corrected chi connectivity index (χ1v) is 11.9. The van der Waals surface area contributed by atoms with Gasteiger partial charge in [-0.05, 0) is 67.0 Å². The SMILES string of the molecule is CC(C)(C)C1=Cc2cc(C(C)(C)C)c([O])c3cc(-c4cn(C(C)(C)C)c(=O)[nH]c4=O)cc(c23)C1=O. The van der Waals surface area contributed by atoms with Crippen LogP contribution in [0.2, 0.25) is 0 Å². The fraction of sp³-hybridized carbons (Fsp3) is 0.414. The van der Waals surface area contributed by atoms with Gasteiger partial charge in [-0.2, -0.15) is 0 Å². The fourth-order valence-electron chi connectivity index (χ4n) is 4.67. The number of carbonyl (C=O) groups excluding carboxylic acids is 1. The summed E-state index contributed by atoms with van der Waals surface area (Å²) in [6.07, 6.45) is 3.42. The van der Waals surface area contributed by atoms with Crippen LogP contribution in [0, 0.1) is 5.41 Å². The average Bonchev–Trinajstić information content (AvgIpc) is 2.69. The number of benzene rings is 2. The van der Waals surface area contributed by atoms with Crippen molar-refractivity contribution in [1.82, 2.24) is 9.55 Å². The normalized spacial score (nSPS) is 14.4. The van der Waals surface area contributed by atoms with Crippen molar-refractivity contribution in [2.24, 2.45) is 5.41 Å². The maximum absolute atomic E-state index is 13.7. The number of rotatable bonds is 1. The van der Waals surface area contributed by atoms with Crippen LogP contribution < -0.4 is 11.2 Å². The van der Waals surface area contributed by atoms with E-state index >= 15 is 0 Å². The van der Waals surface area contributed by atoms with Gasteiger partial charge in [-0.1, -0.05) is 41.5 Å². The van der Waals surface area contributed by atoms with Crippen LogP contribution in [0.5, 0.6) is 5.75 Å². The molecule has 183 valence electrons. The van der Waals surface area contributed by atoms with Crippen molar-refractivity contribution in [1.29, 1.82) is 0 Å². The zero-order chi connectivity index (χ0) is 26.2. The van der Waals surface area contributed by atoms with Crippen LogP contribution in [0.1, 0.15) is 83.8 Å². The van der Waals surface area contributed by atoms with Crippen LogP contribution in [0.25, 0.3) is 28.0 Å². The van der Waals surface area contributed by atoms with E-state index in [4.69, 9.17) is 0 Å². The Labute approximate surface area is 205 Å². The lowest BCUT2D eigenvalue weighted by Crippen LogP contribution is -2.38. The highest BCUT2D eigenvalue weighted by atomic mass is 16.3. The first-order valence-electron chi connectivity index (χ1n) is 11.9. The van der Waals surface area contributed by atoms with Gasteiger partial charge in [-0.3, -0.25) is 24.2 Å². The molecule has 0 amide bonds. The molecule has 1 aliphatic carbocycles. The summed E-state index contributed by atoms with van der Waals surface area (Å²) in [5.74, 6) is -0.305. The molecular formula is C29H33N2O4. The van der Waals surface area contributed by atoms with Crippen LogP contribution in [-0.2, 0) is 16.1 Å². The Balaban J connectivity index is 2.16. The molecule has 0 atom stereocenters. The van der Waals surface area contributed by atoms with Crippen LogP contribution in [0.4, 0.5) is 0 Å². The Morgan fingerprint density at radius 2 is 1.43 bits per heavy atom. The first-order chi connectivity index (χ1) is 15.9. The van der Waals surface area contributed by atoms with Gasteiger partial charge in [0.1, 0.15) is 0 Å². The molecule has 1 aliphatic rings. The first kappa shape index (κ1) is 24.7. The van der Waals surface area contributed by atoms with E-state index in [2.05, 4.69) is 4.98 Å². The van der Waals surface area contributed by atoms with E-state index < -0.39 is 27.6 Å². The molecule has 0 saturated heterocycles. The van der Waals surface area contributed by atoms with Crippen molar-refractivity contribution < 1.29 is 9.90 Å². The second-order valence-corrected chi connectivity index (χ2v) is 12.5. The lowest BCUT2D eigenvalue weighted by atomic mass is 9.74. The quantitative estimate of drug-likeness (QED) is 0.457. The number of nitrogens with zero attached hydrogens (tertiary/aromatic N) is 1. The Morgan fingerprint density at radius 3 is 1.97 bits per heavy atom. The number of carbonyl (C=O) groups is 1. The zero-order valence-corrected chi connectivity index (χ0v) is 22.0. The van der Waals surface area contributed by atoms with Gasteiger partial charge < -0.3 is 0 Å². The average molecular weight is 474 g/mol. The smallest absolute Gasteiger partial charge is 0.295 e. The van der Waals surface area contributed by atoms with Crippen LogP contribution in [-0.4, -0.2) is 15.3 Å². The second kappa shape index (κ2) is 7.54. The third kappa shape index (κ3) is 4.05. The second-order valence-electron chi connectivity index (χ2n) is 12.5. The standard InChI is InChI=1S/C29H33N2O4/c1-27(2,3)20-12-16-13-21(28(4,5)6)24(33)18-11-15(10-17(22(16)18)23(20)32)19-14-31(29(7,8)9)26(35)30-25(19)34/h10-14H,1-9H3,(H,30,34,35). The number of hydrogen-bond donors (Lipinski definition) is 1. The van der Waals surface area contributed by atoms with Crippen molar-refractivity contribution in [3.05, 3.63) is 67.5 Å². The molecule has 6 nitrogen and oxygen atoms in total. The summed E-state index contributed by atoms with van der Waals surface area (Å²) in [6, 6.07) is 5.27. The lowest BCUT2D eigenvalue weighted by Gasteiger charge is -2.29. The molecule has 3 aromatic rings. The molecule has 1 heterocycles. The van der Waals surface area contributed by atoms with Crippen molar-refractivity contribution in [3.63, 3.8) is 0 Å². The monoisotopic (exact) mass is 473 g/mol. The molecule has 0 saturated carbocycles. The third-order valence-electron chi connectivity index (χ3n) is 6.60. The predicted molar refractivity (Wildman–Crippen MR) is 140 cm³/mol. The van der Waals surface area contributed by atoms with Crippen molar-refractivity contribution >= 4 is 22.6 Å². The Bertz CT molecular complexity index is 1550. The predicted octanol–water partition coefficient (Wildman–Crippen LogP) is 6.18. The van der Waals surface area contributed by atoms with Crippen LogP contribution in [0.3, 0.4) is 0 Å². The summed E-state index contributed by atoms with van der Waals surface area (Å²) in [7, 11) is 0. The van der Waals surface area contributed by atoms with Crippen LogP contribution in [0.15, 0.2) is 39.6 Å². The van der Waals surface area contributed by atoms with Gasteiger partial charge in [-0.15, -0.1) is 0 Å². The molecule has 1 radical (unpaired) electrons. The summed E-state index contributed by atoms with van der Waals surface area (Å²) >= 11 is 0. The number of Topliss-reactive ketones (excluding diaryl/α,β-unsaturated/α-hetero) is 1. The summed E-state index contributed by atoms with van der Waals surface area (Å²) in [6.45, 7) is 17.5. The van der Waals surface area contributed by atoms with E-state index in [1.165, 1.54) is 10.8 Å². The molecule has 0 unspecified atom stereocenters. The highest BCUT2D eigenvalue weighted by Gasteiger charge is 2.33. The van der Waals surface area contributed by atoms with Crippen molar-refractivity contribution in [2.75, 3.05) is 0 Å². The number of ketones is 1. The molecule has 0 aliphatic heterocycles.